The summed E-state index contributed by atoms with van der Waals surface area (Å²) in [7, 11) is 0. The van der Waals surface area contributed by atoms with Gasteiger partial charge in [-0.05, 0) is 37.6 Å². The molecule has 23 heavy (non-hydrogen) atoms. The lowest BCUT2D eigenvalue weighted by Crippen LogP contribution is -2.38. The summed E-state index contributed by atoms with van der Waals surface area (Å²) in [6, 6.07) is 4.08. The summed E-state index contributed by atoms with van der Waals surface area (Å²) in [5, 5.41) is 4.16. The number of nitrogens with zero attached hydrogens (tertiary/aromatic N) is 2. The molecule has 0 saturated carbocycles. The van der Waals surface area contributed by atoms with Gasteiger partial charge in [0.25, 0.3) is 5.91 Å². The zero-order valence-corrected chi connectivity index (χ0v) is 14.6. The van der Waals surface area contributed by atoms with E-state index in [9.17, 15) is 4.79 Å². The third-order valence-electron chi connectivity index (χ3n) is 4.23. The first-order valence-electron chi connectivity index (χ1n) is 7.90. The highest BCUT2D eigenvalue weighted by Crippen LogP contribution is 2.38. The van der Waals surface area contributed by atoms with Crippen molar-refractivity contribution in [2.75, 3.05) is 19.7 Å². The highest BCUT2D eigenvalue weighted by molar-refractivity contribution is 7.21. The molecule has 0 bridgehead atoms. The number of likely N-dealkylation sites (tertiary alicyclic amines) is 1. The summed E-state index contributed by atoms with van der Waals surface area (Å²) >= 11 is 3.34. The lowest BCUT2D eigenvalue weighted by molar-refractivity contribution is -0.134. The average Bonchev–Trinajstić information content (AvgIpc) is 3.18. The van der Waals surface area contributed by atoms with Gasteiger partial charge in [-0.1, -0.05) is 0 Å². The molecule has 3 aromatic rings. The predicted octanol–water partition coefficient (Wildman–Crippen LogP) is 4.21. The van der Waals surface area contributed by atoms with Crippen LogP contribution in [0.1, 0.15) is 24.3 Å². The van der Waals surface area contributed by atoms with E-state index in [1.807, 2.05) is 17.9 Å². The SMILES string of the molecule is Cc1nc2c(cc(OCC(=O)N3CCCCC3)c3ccsc32)s1. The van der Waals surface area contributed by atoms with E-state index in [0.717, 1.165) is 57.0 Å². The van der Waals surface area contributed by atoms with Gasteiger partial charge in [-0.3, -0.25) is 4.79 Å². The average molecular weight is 346 g/mol. The van der Waals surface area contributed by atoms with E-state index in [4.69, 9.17) is 4.74 Å². The summed E-state index contributed by atoms with van der Waals surface area (Å²) in [4.78, 5) is 18.8. The van der Waals surface area contributed by atoms with E-state index >= 15 is 0 Å². The van der Waals surface area contributed by atoms with Crippen LogP contribution in [0, 0.1) is 6.92 Å². The summed E-state index contributed by atoms with van der Waals surface area (Å²) in [6.07, 6.45) is 3.43. The zero-order chi connectivity index (χ0) is 15.8. The number of benzene rings is 1. The molecule has 1 amide bonds. The maximum atomic E-state index is 12.3. The van der Waals surface area contributed by atoms with Crippen LogP contribution in [0.3, 0.4) is 0 Å². The number of piperidine rings is 1. The van der Waals surface area contributed by atoms with Gasteiger partial charge in [0, 0.05) is 24.5 Å². The zero-order valence-electron chi connectivity index (χ0n) is 13.0. The van der Waals surface area contributed by atoms with Crippen LogP contribution in [-0.2, 0) is 4.79 Å². The van der Waals surface area contributed by atoms with Gasteiger partial charge in [0.2, 0.25) is 0 Å². The monoisotopic (exact) mass is 346 g/mol. The van der Waals surface area contributed by atoms with Gasteiger partial charge < -0.3 is 9.64 Å². The molecule has 120 valence electrons. The number of thiophene rings is 1. The van der Waals surface area contributed by atoms with Crippen molar-refractivity contribution in [2.45, 2.75) is 26.2 Å². The molecule has 0 unspecified atom stereocenters. The molecular formula is C17H18N2O2S2. The molecule has 6 heteroatoms. The molecule has 0 N–H and O–H groups in total. The molecule has 0 aliphatic carbocycles. The standard InChI is InChI=1S/C17H18N2O2S2/c1-11-18-16-14(23-11)9-13(12-5-8-22-17(12)16)21-10-15(20)19-6-3-2-4-7-19/h5,8-9H,2-4,6-7,10H2,1H3. The number of fused-ring (bicyclic) bond motifs is 3. The number of thiazole rings is 1. The summed E-state index contributed by atoms with van der Waals surface area (Å²) in [6.45, 7) is 3.87. The second kappa shape index (κ2) is 6.09. The van der Waals surface area contributed by atoms with Crippen LogP contribution in [0.15, 0.2) is 17.5 Å². The van der Waals surface area contributed by atoms with Crippen LogP contribution in [0.5, 0.6) is 5.75 Å². The van der Waals surface area contributed by atoms with Crippen molar-refractivity contribution >= 4 is 48.9 Å². The number of rotatable bonds is 3. The second-order valence-electron chi connectivity index (χ2n) is 5.85. The van der Waals surface area contributed by atoms with Crippen molar-refractivity contribution in [3.05, 3.63) is 22.5 Å². The van der Waals surface area contributed by atoms with E-state index in [1.165, 1.54) is 6.42 Å². The van der Waals surface area contributed by atoms with Crippen molar-refractivity contribution < 1.29 is 9.53 Å². The summed E-state index contributed by atoms with van der Waals surface area (Å²) in [5.41, 5.74) is 1.05. The quantitative estimate of drug-likeness (QED) is 0.713. The first kappa shape index (κ1) is 14.9. The predicted molar refractivity (Wildman–Crippen MR) is 95.7 cm³/mol. The third-order valence-corrected chi connectivity index (χ3v) is 6.07. The maximum absolute atomic E-state index is 12.3. The Kier molecular flexibility index (Phi) is 3.95. The Morgan fingerprint density at radius 3 is 3.00 bits per heavy atom. The van der Waals surface area contributed by atoms with Crippen LogP contribution in [0.2, 0.25) is 0 Å². The van der Waals surface area contributed by atoms with Crippen molar-refractivity contribution in [2.24, 2.45) is 0 Å². The Bertz CT molecular complexity index is 862. The highest BCUT2D eigenvalue weighted by Gasteiger charge is 2.18. The fourth-order valence-electron chi connectivity index (χ4n) is 3.08. The molecule has 1 aromatic carbocycles. The van der Waals surface area contributed by atoms with Gasteiger partial charge in [0.1, 0.15) is 5.75 Å². The number of hydrogen-bond donors (Lipinski definition) is 0. The number of aryl methyl sites for hydroxylation is 1. The van der Waals surface area contributed by atoms with Crippen LogP contribution in [0.4, 0.5) is 0 Å². The minimum absolute atomic E-state index is 0.0914. The van der Waals surface area contributed by atoms with Crippen LogP contribution < -0.4 is 4.74 Å². The van der Waals surface area contributed by atoms with Gasteiger partial charge in [-0.15, -0.1) is 22.7 Å². The Morgan fingerprint density at radius 1 is 1.35 bits per heavy atom. The van der Waals surface area contributed by atoms with Gasteiger partial charge in [0.05, 0.1) is 19.9 Å². The van der Waals surface area contributed by atoms with E-state index in [0.29, 0.717) is 0 Å². The van der Waals surface area contributed by atoms with E-state index < -0.39 is 0 Å². The number of amides is 1. The van der Waals surface area contributed by atoms with E-state index in [2.05, 4.69) is 16.4 Å². The Balaban J connectivity index is 1.60. The molecule has 1 aliphatic heterocycles. The van der Waals surface area contributed by atoms with Crippen molar-refractivity contribution in [3.63, 3.8) is 0 Å². The minimum atomic E-state index is 0.0914. The molecule has 1 fully saturated rings. The molecule has 3 heterocycles. The van der Waals surface area contributed by atoms with Gasteiger partial charge >= 0.3 is 0 Å². The normalized spacial score (nSPS) is 15.4. The van der Waals surface area contributed by atoms with Crippen molar-refractivity contribution in [1.82, 2.24) is 9.88 Å². The van der Waals surface area contributed by atoms with Crippen LogP contribution >= 0.6 is 22.7 Å². The van der Waals surface area contributed by atoms with Crippen molar-refractivity contribution in [3.8, 4) is 5.75 Å². The summed E-state index contributed by atoms with van der Waals surface area (Å²) < 4.78 is 8.17. The van der Waals surface area contributed by atoms with E-state index in [1.54, 1.807) is 22.7 Å². The Morgan fingerprint density at radius 2 is 2.17 bits per heavy atom. The molecule has 4 rings (SSSR count). The maximum Gasteiger partial charge on any atom is 0.260 e. The molecule has 2 aromatic heterocycles. The molecule has 4 nitrogen and oxygen atoms in total. The fourth-order valence-corrected chi connectivity index (χ4v) is 4.91. The number of hydrogen-bond acceptors (Lipinski definition) is 5. The largest absolute Gasteiger partial charge is 0.483 e. The first-order chi connectivity index (χ1) is 11.2. The van der Waals surface area contributed by atoms with Crippen LogP contribution in [0.25, 0.3) is 20.3 Å². The number of carbonyl (C=O) groups is 1. The molecule has 0 atom stereocenters. The smallest absolute Gasteiger partial charge is 0.260 e. The van der Waals surface area contributed by atoms with Gasteiger partial charge in [-0.2, -0.15) is 0 Å². The number of carbonyl (C=O) groups excluding carboxylic acids is 1. The topological polar surface area (TPSA) is 42.4 Å². The lowest BCUT2D eigenvalue weighted by Gasteiger charge is -2.26. The molecule has 1 saturated heterocycles. The Labute approximate surface area is 142 Å². The van der Waals surface area contributed by atoms with Crippen LogP contribution in [-0.4, -0.2) is 35.5 Å². The van der Waals surface area contributed by atoms with Gasteiger partial charge in [-0.25, -0.2) is 4.98 Å². The lowest BCUT2D eigenvalue weighted by atomic mass is 10.1. The fraction of sp³-hybridized carbons (Fsp3) is 0.412. The van der Waals surface area contributed by atoms with Gasteiger partial charge in [0.15, 0.2) is 6.61 Å². The summed E-state index contributed by atoms with van der Waals surface area (Å²) in [5.74, 6) is 0.886. The molecular weight excluding hydrogens is 328 g/mol. The highest BCUT2D eigenvalue weighted by atomic mass is 32.1. The minimum Gasteiger partial charge on any atom is -0.483 e. The molecule has 1 aliphatic rings. The number of aromatic nitrogens is 1. The van der Waals surface area contributed by atoms with E-state index in [-0.39, 0.29) is 12.5 Å². The Hall–Kier alpha value is -1.66. The molecule has 0 spiro atoms. The second-order valence-corrected chi connectivity index (χ2v) is 8.00. The van der Waals surface area contributed by atoms with Crippen molar-refractivity contribution in [1.29, 1.82) is 0 Å². The molecule has 0 radical (unpaired) electrons. The number of ether oxygens (including phenoxy) is 1. The first-order valence-corrected chi connectivity index (χ1v) is 9.60. The third kappa shape index (κ3) is 2.81.